The van der Waals surface area contributed by atoms with Crippen molar-refractivity contribution in [1.82, 2.24) is 15.0 Å². The lowest BCUT2D eigenvalue weighted by molar-refractivity contribution is 0.664. The number of furan rings is 2. The second-order valence-corrected chi connectivity index (χ2v) is 14.0. The van der Waals surface area contributed by atoms with E-state index >= 15 is 0 Å². The van der Waals surface area contributed by atoms with Gasteiger partial charge in [-0.3, -0.25) is 0 Å². The zero-order chi connectivity index (χ0) is 37.0. The third-order valence-corrected chi connectivity index (χ3v) is 10.6. The van der Waals surface area contributed by atoms with Gasteiger partial charge in [0.05, 0.1) is 0 Å². The molecule has 0 aliphatic carbocycles. The number of benzene rings is 8. The van der Waals surface area contributed by atoms with Crippen LogP contribution in [0.2, 0.25) is 0 Å². The smallest absolute Gasteiger partial charge is 0.164 e. The molecule has 0 saturated carbocycles. The summed E-state index contributed by atoms with van der Waals surface area (Å²) in [5, 5.41) is 4.16. The lowest BCUT2D eigenvalue weighted by atomic mass is 9.97. The molecule has 0 aliphatic heterocycles. The van der Waals surface area contributed by atoms with Gasteiger partial charge in [0.1, 0.15) is 22.3 Å². The summed E-state index contributed by atoms with van der Waals surface area (Å²) in [4.78, 5) is 15.5. The maximum atomic E-state index is 6.49. The third kappa shape index (κ3) is 5.45. The first-order valence-corrected chi connectivity index (χ1v) is 18.7. The van der Waals surface area contributed by atoms with Gasteiger partial charge in [0.2, 0.25) is 0 Å². The van der Waals surface area contributed by atoms with E-state index < -0.39 is 0 Å². The first-order valence-electron chi connectivity index (χ1n) is 18.7. The number of para-hydroxylation sites is 1. The van der Waals surface area contributed by atoms with Gasteiger partial charge in [-0.25, -0.2) is 15.0 Å². The van der Waals surface area contributed by atoms with Crippen LogP contribution in [0.15, 0.2) is 197 Å². The van der Waals surface area contributed by atoms with Crippen molar-refractivity contribution >= 4 is 43.9 Å². The zero-order valence-corrected chi connectivity index (χ0v) is 30.1. The minimum absolute atomic E-state index is 0.593. The molecule has 11 rings (SSSR count). The number of nitrogens with zero attached hydrogens (tertiary/aromatic N) is 3. The van der Waals surface area contributed by atoms with Crippen molar-refractivity contribution in [2.75, 3.05) is 0 Å². The number of hydrogen-bond donors (Lipinski definition) is 0. The Kier molecular flexibility index (Phi) is 7.42. The molecule has 0 atom stereocenters. The highest BCUT2D eigenvalue weighted by Crippen LogP contribution is 2.41. The van der Waals surface area contributed by atoms with Gasteiger partial charge in [0.15, 0.2) is 17.5 Å². The van der Waals surface area contributed by atoms with Gasteiger partial charge >= 0.3 is 0 Å². The molecule has 5 nitrogen and oxygen atoms in total. The average molecular weight is 718 g/mol. The van der Waals surface area contributed by atoms with Gasteiger partial charge in [-0.15, -0.1) is 0 Å². The molecule has 3 heterocycles. The van der Waals surface area contributed by atoms with Crippen LogP contribution in [0, 0.1) is 0 Å². The fraction of sp³-hybridized carbons (Fsp3) is 0. The largest absolute Gasteiger partial charge is 0.456 e. The Balaban J connectivity index is 1.07. The van der Waals surface area contributed by atoms with Gasteiger partial charge in [-0.05, 0) is 63.7 Å². The van der Waals surface area contributed by atoms with Crippen LogP contribution >= 0.6 is 0 Å². The van der Waals surface area contributed by atoms with Crippen molar-refractivity contribution in [2.45, 2.75) is 0 Å². The summed E-state index contributed by atoms with van der Waals surface area (Å²) in [5.74, 6) is 1.81. The first-order chi connectivity index (χ1) is 27.7. The molecule has 0 unspecified atom stereocenters. The molecule has 8 aromatic carbocycles. The van der Waals surface area contributed by atoms with Crippen LogP contribution in [0.3, 0.4) is 0 Å². The molecule has 0 spiro atoms. The molecule has 11 aromatic rings. The molecule has 0 aliphatic rings. The number of fused-ring (bicyclic) bond motifs is 6. The van der Waals surface area contributed by atoms with E-state index in [2.05, 4.69) is 140 Å². The predicted molar refractivity (Wildman–Crippen MR) is 227 cm³/mol. The van der Waals surface area contributed by atoms with E-state index in [0.717, 1.165) is 93.9 Å². The van der Waals surface area contributed by atoms with Gasteiger partial charge in [-0.2, -0.15) is 0 Å². The molecular weight excluding hydrogens is 687 g/mol. The highest BCUT2D eigenvalue weighted by atomic mass is 16.3. The van der Waals surface area contributed by atoms with Crippen LogP contribution in [0.4, 0.5) is 0 Å². The molecule has 56 heavy (non-hydrogen) atoms. The molecule has 3 aromatic heterocycles. The Hall–Kier alpha value is -7.63. The molecular formula is C51H31N3O2. The SMILES string of the molecule is c1ccc(-c2ccc(-c3nc(-c4cccc(-c5cccc6oc7cc8c(cc7c56)oc5ccccc58)c4)nc(-c4ccccc4-c4ccccc4)n3)cc2)cc1. The molecule has 262 valence electrons. The lowest BCUT2D eigenvalue weighted by Crippen LogP contribution is -2.01. The summed E-state index contributed by atoms with van der Waals surface area (Å²) in [6, 6.07) is 64.5. The molecule has 5 heteroatoms. The normalized spacial score (nSPS) is 11.6. The summed E-state index contributed by atoms with van der Waals surface area (Å²) < 4.78 is 12.8. The summed E-state index contributed by atoms with van der Waals surface area (Å²) >= 11 is 0. The number of hydrogen-bond acceptors (Lipinski definition) is 5. The summed E-state index contributed by atoms with van der Waals surface area (Å²) in [6.07, 6.45) is 0. The van der Waals surface area contributed by atoms with E-state index in [1.807, 2.05) is 48.5 Å². The fourth-order valence-electron chi connectivity index (χ4n) is 7.85. The van der Waals surface area contributed by atoms with Gasteiger partial charge < -0.3 is 8.83 Å². The minimum atomic E-state index is 0.593. The Bertz CT molecular complexity index is 3240. The topological polar surface area (TPSA) is 65.0 Å². The molecule has 0 radical (unpaired) electrons. The van der Waals surface area contributed by atoms with Crippen LogP contribution in [-0.4, -0.2) is 15.0 Å². The maximum absolute atomic E-state index is 6.49. The lowest BCUT2D eigenvalue weighted by Gasteiger charge is -2.13. The third-order valence-electron chi connectivity index (χ3n) is 10.6. The predicted octanol–water partition coefficient (Wildman–Crippen LogP) is 13.7. The van der Waals surface area contributed by atoms with E-state index in [1.165, 1.54) is 0 Å². The van der Waals surface area contributed by atoms with Crippen molar-refractivity contribution in [3.8, 4) is 67.5 Å². The monoisotopic (exact) mass is 717 g/mol. The van der Waals surface area contributed by atoms with Gasteiger partial charge in [-0.1, -0.05) is 158 Å². The van der Waals surface area contributed by atoms with Gasteiger partial charge in [0.25, 0.3) is 0 Å². The van der Waals surface area contributed by atoms with E-state index in [0.29, 0.717) is 17.5 Å². The first kappa shape index (κ1) is 31.9. The Morgan fingerprint density at radius 2 is 0.786 bits per heavy atom. The van der Waals surface area contributed by atoms with Crippen molar-refractivity contribution in [3.63, 3.8) is 0 Å². The summed E-state index contributed by atoms with van der Waals surface area (Å²) in [7, 11) is 0. The maximum Gasteiger partial charge on any atom is 0.164 e. The van der Waals surface area contributed by atoms with E-state index in [9.17, 15) is 0 Å². The standard InChI is InChI=1S/C51H31N3O2/c1-3-13-32(14-4-1)33-25-27-35(28-26-33)49-52-50(54-51(53-49)41-21-8-7-19-38(41)34-15-5-2-6-16-34)37-18-11-17-36(29-37)39-22-12-24-45-48(39)43-31-46-42(30-47(43)56-45)40-20-9-10-23-44(40)55-46/h1-31H. The van der Waals surface area contributed by atoms with Gasteiger partial charge in [0, 0.05) is 38.2 Å². The summed E-state index contributed by atoms with van der Waals surface area (Å²) in [5.41, 5.74) is 12.6. The fourth-order valence-corrected chi connectivity index (χ4v) is 7.85. The van der Waals surface area contributed by atoms with Crippen LogP contribution in [0.1, 0.15) is 0 Å². The Morgan fingerprint density at radius 3 is 1.61 bits per heavy atom. The number of rotatable bonds is 6. The average Bonchev–Trinajstić information content (AvgIpc) is 3.83. The van der Waals surface area contributed by atoms with Crippen molar-refractivity contribution in [3.05, 3.63) is 188 Å². The highest BCUT2D eigenvalue weighted by Gasteiger charge is 2.19. The van der Waals surface area contributed by atoms with Crippen molar-refractivity contribution in [2.24, 2.45) is 0 Å². The minimum Gasteiger partial charge on any atom is -0.456 e. The Morgan fingerprint density at radius 1 is 0.268 bits per heavy atom. The molecule has 0 amide bonds. The Labute approximate surface area is 322 Å². The highest BCUT2D eigenvalue weighted by molar-refractivity contribution is 6.18. The second-order valence-electron chi connectivity index (χ2n) is 14.0. The van der Waals surface area contributed by atoms with E-state index in [1.54, 1.807) is 0 Å². The molecule has 0 bridgehead atoms. The van der Waals surface area contributed by atoms with Crippen LogP contribution < -0.4 is 0 Å². The van der Waals surface area contributed by atoms with Crippen LogP contribution in [0.5, 0.6) is 0 Å². The number of aromatic nitrogens is 3. The van der Waals surface area contributed by atoms with Crippen LogP contribution in [-0.2, 0) is 0 Å². The van der Waals surface area contributed by atoms with Crippen molar-refractivity contribution < 1.29 is 8.83 Å². The van der Waals surface area contributed by atoms with Crippen LogP contribution in [0.25, 0.3) is 111 Å². The van der Waals surface area contributed by atoms with E-state index in [4.69, 9.17) is 23.8 Å². The van der Waals surface area contributed by atoms with E-state index in [-0.39, 0.29) is 0 Å². The zero-order valence-electron chi connectivity index (χ0n) is 30.1. The second kappa shape index (κ2) is 13.0. The quantitative estimate of drug-likeness (QED) is 0.171. The molecule has 0 fully saturated rings. The molecule has 0 N–H and O–H groups in total. The molecule has 0 saturated heterocycles. The summed E-state index contributed by atoms with van der Waals surface area (Å²) in [6.45, 7) is 0. The van der Waals surface area contributed by atoms with Crippen molar-refractivity contribution in [1.29, 1.82) is 0 Å².